The molecule has 0 saturated carbocycles. The number of benzene rings is 1. The summed E-state index contributed by atoms with van der Waals surface area (Å²) in [6.07, 6.45) is 1.60. The Bertz CT molecular complexity index is 574. The molecule has 4 nitrogen and oxygen atoms in total. The van der Waals surface area contributed by atoms with Crippen molar-refractivity contribution in [1.29, 1.82) is 0 Å². The molecule has 1 rings (SSSR count). The maximum atomic E-state index is 11.9. The molecule has 0 spiro atoms. The van der Waals surface area contributed by atoms with Crippen molar-refractivity contribution in [3.63, 3.8) is 0 Å². The van der Waals surface area contributed by atoms with E-state index in [1.54, 1.807) is 6.08 Å². The van der Waals surface area contributed by atoms with E-state index >= 15 is 0 Å². The largest absolute Gasteiger partial charge is 0.326 e. The smallest absolute Gasteiger partial charge is 0.171 e. The Hall–Kier alpha value is -1.72. The van der Waals surface area contributed by atoms with Gasteiger partial charge in [0.2, 0.25) is 0 Å². The third-order valence-corrected chi connectivity index (χ3v) is 3.87. The highest BCUT2D eigenvalue weighted by Crippen LogP contribution is 2.09. The number of carbonyl (C=O) groups is 1. The van der Waals surface area contributed by atoms with Gasteiger partial charge in [-0.05, 0) is 11.6 Å². The average Bonchev–Trinajstić information content (AvgIpc) is 2.43. The van der Waals surface area contributed by atoms with Crippen molar-refractivity contribution >= 4 is 21.7 Å². The van der Waals surface area contributed by atoms with Crippen molar-refractivity contribution in [1.82, 2.24) is 0 Å². The number of Topliss-reactive ketones (excluding diaryl/α,β-unsaturated/α-hetero) is 1. The van der Waals surface area contributed by atoms with Gasteiger partial charge in [0.25, 0.3) is 0 Å². The summed E-state index contributed by atoms with van der Waals surface area (Å²) in [4.78, 5) is 11.9. The van der Waals surface area contributed by atoms with Crippen LogP contribution < -0.4 is 5.73 Å². The van der Waals surface area contributed by atoms with Gasteiger partial charge in [-0.15, -0.1) is 0 Å². The van der Waals surface area contributed by atoms with Crippen LogP contribution in [0.1, 0.15) is 12.0 Å². The van der Waals surface area contributed by atoms with Crippen LogP contribution in [0.4, 0.5) is 0 Å². The van der Waals surface area contributed by atoms with Gasteiger partial charge in [-0.2, -0.15) is 0 Å². The van der Waals surface area contributed by atoms with E-state index in [0.717, 1.165) is 11.0 Å². The lowest BCUT2D eigenvalue weighted by Gasteiger charge is -2.04. The van der Waals surface area contributed by atoms with Gasteiger partial charge in [-0.25, -0.2) is 8.42 Å². The van der Waals surface area contributed by atoms with Gasteiger partial charge in [0, 0.05) is 23.9 Å². The first-order valence-electron chi connectivity index (χ1n) is 5.82. The Morgan fingerprint density at radius 2 is 1.89 bits per heavy atom. The summed E-state index contributed by atoms with van der Waals surface area (Å²) in [7, 11) is -3.35. The second-order valence-corrected chi connectivity index (χ2v) is 6.06. The fourth-order valence-corrected chi connectivity index (χ4v) is 2.12. The van der Waals surface area contributed by atoms with Crippen LogP contribution in [-0.2, 0) is 14.6 Å². The monoisotopic (exact) mass is 279 g/mol. The van der Waals surface area contributed by atoms with Gasteiger partial charge < -0.3 is 5.73 Å². The molecule has 19 heavy (non-hydrogen) atoms. The predicted molar refractivity (Wildman–Crippen MR) is 77.1 cm³/mol. The molecule has 5 heteroatoms. The summed E-state index contributed by atoms with van der Waals surface area (Å²) < 4.78 is 22.5. The van der Waals surface area contributed by atoms with Crippen LogP contribution in [0.3, 0.4) is 0 Å². The molecule has 0 aliphatic rings. The first-order chi connectivity index (χ1) is 8.98. The maximum Gasteiger partial charge on any atom is 0.171 e. The molecule has 0 unspecified atom stereocenters. The van der Waals surface area contributed by atoms with Crippen LogP contribution in [0.2, 0.25) is 0 Å². The Kier molecular flexibility index (Phi) is 5.66. The van der Waals surface area contributed by atoms with Crippen LogP contribution in [0.15, 0.2) is 47.9 Å². The van der Waals surface area contributed by atoms with E-state index in [1.165, 1.54) is 0 Å². The molecule has 2 N–H and O–H groups in total. The van der Waals surface area contributed by atoms with Crippen LogP contribution in [-0.4, -0.2) is 26.5 Å². The standard InChI is InChI=1S/C14H17NO3S/c1-2-19(17,18)9-8-14(16)13(11-15)10-12-6-4-3-5-7-12/h2-7,10H,1,8-9,11,15H2. The number of rotatable bonds is 7. The molecule has 0 aromatic heterocycles. The van der Waals surface area contributed by atoms with E-state index in [-0.39, 0.29) is 24.5 Å². The molecule has 0 amide bonds. The van der Waals surface area contributed by atoms with Gasteiger partial charge in [0.1, 0.15) is 0 Å². The molecular formula is C14H17NO3S. The summed E-state index contributed by atoms with van der Waals surface area (Å²) in [5, 5.41) is 0.864. The first-order valence-corrected chi connectivity index (χ1v) is 7.54. The van der Waals surface area contributed by atoms with Crippen LogP contribution >= 0.6 is 0 Å². The molecular weight excluding hydrogens is 262 g/mol. The molecule has 0 atom stereocenters. The van der Waals surface area contributed by atoms with E-state index in [2.05, 4.69) is 6.58 Å². The quantitative estimate of drug-likeness (QED) is 0.768. The third-order valence-electron chi connectivity index (χ3n) is 2.59. The minimum atomic E-state index is -3.35. The molecule has 0 bridgehead atoms. The first kappa shape index (κ1) is 15.3. The van der Waals surface area contributed by atoms with Gasteiger partial charge in [-0.1, -0.05) is 36.9 Å². The Morgan fingerprint density at radius 3 is 2.42 bits per heavy atom. The number of carbonyl (C=O) groups excluding carboxylic acids is 1. The summed E-state index contributed by atoms with van der Waals surface area (Å²) >= 11 is 0. The average molecular weight is 279 g/mol. The zero-order chi connectivity index (χ0) is 14.3. The minimum absolute atomic E-state index is 0.0791. The molecule has 0 aliphatic heterocycles. The van der Waals surface area contributed by atoms with E-state index in [1.807, 2.05) is 30.3 Å². The summed E-state index contributed by atoms with van der Waals surface area (Å²) in [5.41, 5.74) is 6.82. The predicted octanol–water partition coefficient (Wildman–Crippen LogP) is 1.55. The molecule has 102 valence electrons. The number of nitrogens with two attached hydrogens (primary N) is 1. The zero-order valence-electron chi connectivity index (χ0n) is 10.6. The Labute approximate surface area is 113 Å². The normalized spacial score (nSPS) is 12.2. The minimum Gasteiger partial charge on any atom is -0.326 e. The van der Waals surface area contributed by atoms with Crippen molar-refractivity contribution in [2.75, 3.05) is 12.3 Å². The topological polar surface area (TPSA) is 77.2 Å². The molecule has 1 aromatic rings. The van der Waals surface area contributed by atoms with E-state index in [0.29, 0.717) is 5.57 Å². The van der Waals surface area contributed by atoms with Crippen LogP contribution in [0.5, 0.6) is 0 Å². The summed E-state index contributed by atoms with van der Waals surface area (Å²) in [6.45, 7) is 3.29. The Morgan fingerprint density at radius 1 is 1.26 bits per heavy atom. The number of ketones is 1. The second kappa shape index (κ2) is 7.01. The van der Waals surface area contributed by atoms with E-state index in [4.69, 9.17) is 5.73 Å². The zero-order valence-corrected chi connectivity index (χ0v) is 11.4. The number of hydrogen-bond acceptors (Lipinski definition) is 4. The highest BCUT2D eigenvalue weighted by Gasteiger charge is 2.12. The van der Waals surface area contributed by atoms with E-state index in [9.17, 15) is 13.2 Å². The number of hydrogen-bond donors (Lipinski definition) is 1. The lowest BCUT2D eigenvalue weighted by molar-refractivity contribution is -0.115. The van der Waals surface area contributed by atoms with Gasteiger partial charge in [0.15, 0.2) is 15.6 Å². The van der Waals surface area contributed by atoms with Crippen molar-refractivity contribution in [2.24, 2.45) is 5.73 Å². The molecule has 0 heterocycles. The van der Waals surface area contributed by atoms with Gasteiger partial charge in [-0.3, -0.25) is 4.79 Å². The van der Waals surface area contributed by atoms with Crippen molar-refractivity contribution in [3.05, 3.63) is 53.5 Å². The van der Waals surface area contributed by atoms with E-state index < -0.39 is 9.84 Å². The fraction of sp³-hybridized carbons (Fsp3) is 0.214. The lowest BCUT2D eigenvalue weighted by Crippen LogP contribution is -2.16. The highest BCUT2D eigenvalue weighted by molar-refractivity contribution is 7.94. The van der Waals surface area contributed by atoms with Crippen molar-refractivity contribution in [2.45, 2.75) is 6.42 Å². The van der Waals surface area contributed by atoms with Gasteiger partial charge in [0.05, 0.1) is 5.75 Å². The highest BCUT2D eigenvalue weighted by atomic mass is 32.2. The summed E-state index contributed by atoms with van der Waals surface area (Å²) in [5.74, 6) is -0.488. The van der Waals surface area contributed by atoms with Gasteiger partial charge >= 0.3 is 0 Å². The second-order valence-electron chi connectivity index (χ2n) is 3.99. The third kappa shape index (κ3) is 5.19. The van der Waals surface area contributed by atoms with Crippen molar-refractivity contribution < 1.29 is 13.2 Å². The molecule has 0 radical (unpaired) electrons. The lowest BCUT2D eigenvalue weighted by atomic mass is 10.1. The molecule has 1 aromatic carbocycles. The molecule has 0 saturated heterocycles. The van der Waals surface area contributed by atoms with Crippen molar-refractivity contribution in [3.8, 4) is 0 Å². The SMILES string of the molecule is C=CS(=O)(=O)CCC(=O)C(=Cc1ccccc1)CN. The summed E-state index contributed by atoms with van der Waals surface area (Å²) in [6, 6.07) is 9.28. The Balaban J connectivity index is 2.78. The maximum absolute atomic E-state index is 11.9. The fourth-order valence-electron chi connectivity index (χ4n) is 1.48. The van der Waals surface area contributed by atoms with Crippen LogP contribution in [0, 0.1) is 0 Å². The van der Waals surface area contributed by atoms with Crippen LogP contribution in [0.25, 0.3) is 6.08 Å². The molecule has 0 fully saturated rings. The molecule has 0 aliphatic carbocycles. The number of sulfone groups is 1.